The largest absolute Gasteiger partial charge is 0.481 e. The third-order valence-corrected chi connectivity index (χ3v) is 9.70. The van der Waals surface area contributed by atoms with Crippen LogP contribution in [0.15, 0.2) is 85.1 Å². The maximum Gasteiger partial charge on any atom is 0.408 e. The second-order valence-electron chi connectivity index (χ2n) is 16.0. The average molecular weight is 840 g/mol. The third-order valence-electron chi connectivity index (χ3n) is 9.70. The number of carbonyl (C=O) groups excluding carboxylic acids is 6. The van der Waals surface area contributed by atoms with Crippen LogP contribution in [0, 0.1) is 6.92 Å². The summed E-state index contributed by atoms with van der Waals surface area (Å²) in [6, 6.07) is 18.5. The number of hydrogen-bond acceptors (Lipinski definition) is 8. The Kier molecular flexibility index (Phi) is 17.4. The number of para-hydroxylation sites is 1. The van der Waals surface area contributed by atoms with Gasteiger partial charge in [-0.15, -0.1) is 0 Å². The van der Waals surface area contributed by atoms with Crippen molar-refractivity contribution >= 4 is 52.5 Å². The van der Waals surface area contributed by atoms with E-state index in [2.05, 4.69) is 31.6 Å². The smallest absolute Gasteiger partial charge is 0.408 e. The monoisotopic (exact) mass is 839 g/mol. The number of nitrogens with one attached hydrogen (secondary N) is 6. The Bertz CT molecular complexity index is 2130. The number of hydrogen-bond donors (Lipinski definition) is 8. The van der Waals surface area contributed by atoms with Gasteiger partial charge in [-0.3, -0.25) is 28.8 Å². The molecule has 0 unspecified atom stereocenters. The molecule has 1 aromatic heterocycles. The van der Waals surface area contributed by atoms with Gasteiger partial charge in [-0.1, -0.05) is 78.4 Å². The van der Waals surface area contributed by atoms with Crippen molar-refractivity contribution in [3.8, 4) is 0 Å². The summed E-state index contributed by atoms with van der Waals surface area (Å²) < 4.78 is 5.45. The van der Waals surface area contributed by atoms with Crippen LogP contribution in [0.5, 0.6) is 0 Å². The van der Waals surface area contributed by atoms with Crippen LogP contribution in [0.2, 0.25) is 0 Å². The van der Waals surface area contributed by atoms with Gasteiger partial charge in [0.2, 0.25) is 29.5 Å². The zero-order valence-corrected chi connectivity index (χ0v) is 35.0. The van der Waals surface area contributed by atoms with Gasteiger partial charge in [-0.2, -0.15) is 0 Å². The zero-order valence-electron chi connectivity index (χ0n) is 35.0. The standard InChI is InChI=1S/C45H57N7O9/c1-28-17-19-29(20-18-28)21-22-38(53)47-23-11-10-16-34(41(57)51-37(26-39(54)55)43(59)50-35(40(46)56)24-30-12-6-5-7-13-30)49-42(58)36(52-44(60)61-45(2,3)4)25-31-27-48-33-15-9-8-14-32(31)33/h5-9,12-15,17-20,27,34-37,48H,10-11,16,21-26H2,1-4H3,(H2,46,56)(H,47,53)(H,49,58)(H,50,59)(H,51,57)(H,52,60)(H,54,55)/t34-,35-,36-,37-/m0/s1. The first-order chi connectivity index (χ1) is 29.0. The lowest BCUT2D eigenvalue weighted by Crippen LogP contribution is -2.59. The van der Waals surface area contributed by atoms with E-state index < -0.39 is 71.9 Å². The molecule has 1 heterocycles. The molecular formula is C45H57N7O9. The molecule has 0 saturated heterocycles. The molecule has 0 radical (unpaired) electrons. The highest BCUT2D eigenvalue weighted by molar-refractivity contribution is 5.97. The summed E-state index contributed by atoms with van der Waals surface area (Å²) in [5.74, 6) is -5.06. The molecule has 16 heteroatoms. The fourth-order valence-corrected chi connectivity index (χ4v) is 6.52. The molecule has 326 valence electrons. The number of unbranched alkanes of at least 4 members (excludes halogenated alkanes) is 1. The highest BCUT2D eigenvalue weighted by atomic mass is 16.6. The zero-order chi connectivity index (χ0) is 44.5. The Hall–Kier alpha value is -6.71. The van der Waals surface area contributed by atoms with E-state index in [0.29, 0.717) is 30.4 Å². The predicted molar refractivity (Wildman–Crippen MR) is 229 cm³/mol. The summed E-state index contributed by atoms with van der Waals surface area (Å²) in [5.41, 5.74) is 9.03. The lowest BCUT2D eigenvalue weighted by molar-refractivity contribution is -0.141. The van der Waals surface area contributed by atoms with Crippen molar-refractivity contribution < 1.29 is 43.4 Å². The first-order valence-corrected chi connectivity index (χ1v) is 20.3. The van der Waals surface area contributed by atoms with Crippen LogP contribution < -0.4 is 32.3 Å². The van der Waals surface area contributed by atoms with Gasteiger partial charge < -0.3 is 47.1 Å². The Balaban J connectivity index is 1.51. The van der Waals surface area contributed by atoms with Crippen molar-refractivity contribution in [1.29, 1.82) is 0 Å². The van der Waals surface area contributed by atoms with Crippen molar-refractivity contribution in [3.63, 3.8) is 0 Å². The quantitative estimate of drug-likeness (QED) is 0.0539. The van der Waals surface area contributed by atoms with Crippen LogP contribution in [0.25, 0.3) is 10.9 Å². The lowest BCUT2D eigenvalue weighted by atomic mass is 10.0. The number of nitrogens with two attached hydrogens (primary N) is 1. The molecule has 0 fully saturated rings. The van der Waals surface area contributed by atoms with Crippen LogP contribution >= 0.6 is 0 Å². The molecule has 4 atom stereocenters. The Labute approximate surface area is 355 Å². The number of ether oxygens (including phenoxy) is 1. The van der Waals surface area contributed by atoms with Crippen LogP contribution in [-0.4, -0.2) is 88.0 Å². The van der Waals surface area contributed by atoms with E-state index in [1.165, 1.54) is 0 Å². The molecule has 4 rings (SSSR count). The maximum atomic E-state index is 14.1. The number of aliphatic carboxylic acids is 1. The number of carboxylic acid groups (broad SMARTS) is 1. The number of carboxylic acids is 1. The first-order valence-electron chi connectivity index (χ1n) is 20.3. The Morgan fingerprint density at radius 1 is 0.721 bits per heavy atom. The van der Waals surface area contributed by atoms with Gasteiger partial charge in [0.05, 0.1) is 6.42 Å². The van der Waals surface area contributed by atoms with E-state index in [-0.39, 0.29) is 38.1 Å². The summed E-state index contributed by atoms with van der Waals surface area (Å²) in [6.45, 7) is 7.28. The number of rotatable bonds is 22. The number of aromatic amines is 1. The van der Waals surface area contributed by atoms with Gasteiger partial charge in [0.1, 0.15) is 29.8 Å². The van der Waals surface area contributed by atoms with Crippen molar-refractivity contribution in [2.24, 2.45) is 5.73 Å². The third kappa shape index (κ3) is 16.1. The molecular weight excluding hydrogens is 783 g/mol. The van der Waals surface area contributed by atoms with E-state index in [1.807, 2.05) is 55.5 Å². The van der Waals surface area contributed by atoms with E-state index in [4.69, 9.17) is 10.5 Å². The maximum absolute atomic E-state index is 14.1. The second kappa shape index (κ2) is 22.6. The highest BCUT2D eigenvalue weighted by Crippen LogP contribution is 2.20. The van der Waals surface area contributed by atoms with Gasteiger partial charge >= 0.3 is 12.1 Å². The summed E-state index contributed by atoms with van der Waals surface area (Å²) in [6.07, 6.45) is 1.56. The average Bonchev–Trinajstić information content (AvgIpc) is 3.61. The van der Waals surface area contributed by atoms with Gasteiger partial charge in [-0.25, -0.2) is 4.79 Å². The molecule has 61 heavy (non-hydrogen) atoms. The van der Waals surface area contributed by atoms with Crippen molar-refractivity contribution in [2.45, 2.75) is 109 Å². The number of alkyl carbamates (subject to hydrolysis) is 1. The summed E-state index contributed by atoms with van der Waals surface area (Å²) >= 11 is 0. The SMILES string of the molecule is Cc1ccc(CCC(=O)NCCCC[C@H](NC(=O)[C@H](Cc2c[nH]c3ccccc23)NC(=O)OC(C)(C)C)C(=O)N[C@@H](CC(=O)O)C(=O)N[C@@H](Cc2ccccc2)C(N)=O)cc1. The molecule has 16 nitrogen and oxygen atoms in total. The first kappa shape index (κ1) is 47.0. The van der Waals surface area contributed by atoms with Gasteiger partial charge in [0.15, 0.2) is 0 Å². The molecule has 0 aliphatic heterocycles. The molecule has 9 N–H and O–H groups in total. The minimum Gasteiger partial charge on any atom is -0.481 e. The van der Waals surface area contributed by atoms with Crippen molar-refractivity contribution in [2.75, 3.05) is 6.54 Å². The Morgan fingerprint density at radius 2 is 1.34 bits per heavy atom. The van der Waals surface area contributed by atoms with Gasteiger partial charge in [0.25, 0.3) is 0 Å². The van der Waals surface area contributed by atoms with E-state index in [9.17, 15) is 38.7 Å². The molecule has 0 aliphatic carbocycles. The number of aromatic nitrogens is 1. The number of carbonyl (C=O) groups is 7. The number of amides is 6. The lowest BCUT2D eigenvalue weighted by Gasteiger charge is -2.27. The van der Waals surface area contributed by atoms with Crippen LogP contribution in [0.4, 0.5) is 4.79 Å². The number of aryl methyl sites for hydroxylation is 2. The minimum atomic E-state index is -1.67. The Morgan fingerprint density at radius 3 is 2.02 bits per heavy atom. The van der Waals surface area contributed by atoms with Crippen LogP contribution in [-0.2, 0) is 52.8 Å². The van der Waals surface area contributed by atoms with Gasteiger partial charge in [0, 0.05) is 42.9 Å². The van der Waals surface area contributed by atoms with E-state index >= 15 is 0 Å². The summed E-state index contributed by atoms with van der Waals surface area (Å²) in [5, 5.41) is 23.6. The molecule has 3 aromatic carbocycles. The molecule has 0 aliphatic rings. The van der Waals surface area contributed by atoms with Gasteiger partial charge in [-0.05, 0) is 76.1 Å². The molecule has 4 aromatic rings. The topological polar surface area (TPSA) is 251 Å². The molecule has 0 spiro atoms. The van der Waals surface area contributed by atoms with Crippen molar-refractivity contribution in [1.82, 2.24) is 31.6 Å². The fraction of sp³-hybridized carbons (Fsp3) is 0.400. The number of fused-ring (bicyclic) bond motifs is 1. The number of primary amides is 1. The molecule has 0 bridgehead atoms. The predicted octanol–water partition coefficient (Wildman–Crippen LogP) is 3.49. The van der Waals surface area contributed by atoms with E-state index in [0.717, 1.165) is 22.0 Å². The van der Waals surface area contributed by atoms with E-state index in [1.54, 1.807) is 57.3 Å². The summed E-state index contributed by atoms with van der Waals surface area (Å²) in [7, 11) is 0. The number of benzene rings is 3. The molecule has 6 amide bonds. The number of H-pyrrole nitrogens is 1. The van der Waals surface area contributed by atoms with Crippen LogP contribution in [0.3, 0.4) is 0 Å². The normalized spacial score (nSPS) is 13.2. The molecule has 0 saturated carbocycles. The minimum absolute atomic E-state index is 0.00197. The van der Waals surface area contributed by atoms with Crippen molar-refractivity contribution in [3.05, 3.63) is 107 Å². The fourth-order valence-electron chi connectivity index (χ4n) is 6.52. The highest BCUT2D eigenvalue weighted by Gasteiger charge is 2.33. The van der Waals surface area contributed by atoms with Crippen LogP contribution in [0.1, 0.15) is 75.1 Å². The summed E-state index contributed by atoms with van der Waals surface area (Å²) in [4.78, 5) is 94.8. The second-order valence-corrected chi connectivity index (χ2v) is 16.0.